The molecule has 1 unspecified atom stereocenters. The van der Waals surface area contributed by atoms with Gasteiger partial charge in [0.05, 0.1) is 26.9 Å². The SMILES string of the molecule is CCCN1C(C(=O)O)=CC(c2ccc(OC)cc2)C(C(=O)OC)=C1C(=O)OC. The van der Waals surface area contributed by atoms with Crippen molar-refractivity contribution >= 4 is 17.9 Å². The largest absolute Gasteiger partial charge is 0.497 e. The second-order valence-electron chi connectivity index (χ2n) is 6.00. The van der Waals surface area contributed by atoms with Crippen LogP contribution in [0.1, 0.15) is 24.8 Å². The Morgan fingerprint density at radius 2 is 1.64 bits per heavy atom. The number of rotatable bonds is 7. The summed E-state index contributed by atoms with van der Waals surface area (Å²) in [5, 5.41) is 9.72. The predicted octanol–water partition coefficient (Wildman–Crippen LogP) is 2.07. The van der Waals surface area contributed by atoms with Crippen LogP contribution in [0.15, 0.2) is 47.3 Å². The quantitative estimate of drug-likeness (QED) is 0.707. The van der Waals surface area contributed by atoms with Gasteiger partial charge in [-0.3, -0.25) is 0 Å². The molecule has 1 aliphatic heterocycles. The van der Waals surface area contributed by atoms with Crippen molar-refractivity contribution in [1.29, 1.82) is 0 Å². The number of hydrogen-bond donors (Lipinski definition) is 1. The Morgan fingerprint density at radius 3 is 2.11 bits per heavy atom. The lowest BCUT2D eigenvalue weighted by Crippen LogP contribution is -2.38. The number of allylic oxidation sites excluding steroid dienone is 1. The number of carbonyl (C=O) groups is 3. The lowest BCUT2D eigenvalue weighted by atomic mass is 9.85. The third-order valence-corrected chi connectivity index (χ3v) is 4.38. The van der Waals surface area contributed by atoms with Crippen molar-refractivity contribution in [2.24, 2.45) is 0 Å². The molecular weight excluding hydrogens is 366 g/mol. The first kappa shape index (κ1) is 21.0. The van der Waals surface area contributed by atoms with Crippen LogP contribution in [0.5, 0.6) is 5.75 Å². The third-order valence-electron chi connectivity index (χ3n) is 4.38. The number of hydrogen-bond acceptors (Lipinski definition) is 7. The molecule has 2 rings (SSSR count). The molecule has 150 valence electrons. The molecule has 1 N–H and O–H groups in total. The van der Waals surface area contributed by atoms with E-state index in [4.69, 9.17) is 14.2 Å². The predicted molar refractivity (Wildman–Crippen MR) is 99.5 cm³/mol. The van der Waals surface area contributed by atoms with Gasteiger partial charge in [-0.2, -0.15) is 0 Å². The number of carbonyl (C=O) groups excluding carboxylic acids is 2. The van der Waals surface area contributed by atoms with Gasteiger partial charge < -0.3 is 24.2 Å². The highest BCUT2D eigenvalue weighted by atomic mass is 16.5. The van der Waals surface area contributed by atoms with E-state index in [1.54, 1.807) is 24.3 Å². The molecule has 0 fully saturated rings. The fourth-order valence-corrected chi connectivity index (χ4v) is 3.11. The van der Waals surface area contributed by atoms with Crippen molar-refractivity contribution in [2.45, 2.75) is 19.3 Å². The van der Waals surface area contributed by atoms with Crippen LogP contribution >= 0.6 is 0 Å². The van der Waals surface area contributed by atoms with E-state index in [-0.39, 0.29) is 23.5 Å². The highest BCUT2D eigenvalue weighted by molar-refractivity contribution is 6.04. The molecule has 0 bridgehead atoms. The van der Waals surface area contributed by atoms with E-state index in [1.165, 1.54) is 32.3 Å². The van der Waals surface area contributed by atoms with Crippen LogP contribution in [-0.2, 0) is 23.9 Å². The highest BCUT2D eigenvalue weighted by Gasteiger charge is 2.39. The first-order chi connectivity index (χ1) is 13.4. The summed E-state index contributed by atoms with van der Waals surface area (Å²) in [5.41, 5.74) is 0.406. The molecule has 1 heterocycles. The zero-order valence-electron chi connectivity index (χ0n) is 16.2. The Hall–Kier alpha value is -3.29. The number of esters is 2. The summed E-state index contributed by atoms with van der Waals surface area (Å²) in [4.78, 5) is 38.4. The second-order valence-corrected chi connectivity index (χ2v) is 6.00. The van der Waals surface area contributed by atoms with Gasteiger partial charge in [-0.15, -0.1) is 0 Å². The number of carboxylic acids is 1. The Balaban J connectivity index is 2.76. The van der Waals surface area contributed by atoms with E-state index in [0.717, 1.165) is 0 Å². The molecule has 1 aromatic rings. The monoisotopic (exact) mass is 389 g/mol. The molecule has 0 saturated carbocycles. The van der Waals surface area contributed by atoms with Gasteiger partial charge in [0.2, 0.25) is 0 Å². The number of aliphatic carboxylic acids is 1. The lowest BCUT2D eigenvalue weighted by molar-refractivity contribution is -0.141. The normalized spacial score (nSPS) is 16.4. The average molecular weight is 389 g/mol. The minimum atomic E-state index is -1.21. The summed E-state index contributed by atoms with van der Waals surface area (Å²) in [5.74, 6) is -2.95. The van der Waals surface area contributed by atoms with Gasteiger partial charge in [0, 0.05) is 12.5 Å². The Kier molecular flexibility index (Phi) is 6.81. The van der Waals surface area contributed by atoms with Crippen LogP contribution in [0.25, 0.3) is 0 Å². The topological polar surface area (TPSA) is 102 Å². The summed E-state index contributed by atoms with van der Waals surface area (Å²) < 4.78 is 14.9. The van der Waals surface area contributed by atoms with Gasteiger partial charge in [-0.1, -0.05) is 19.1 Å². The molecule has 28 heavy (non-hydrogen) atoms. The minimum absolute atomic E-state index is 0.0259. The van der Waals surface area contributed by atoms with E-state index in [2.05, 4.69) is 0 Å². The molecule has 8 heteroatoms. The Labute approximate surface area is 163 Å². The third kappa shape index (κ3) is 4.00. The van der Waals surface area contributed by atoms with Gasteiger partial charge in [-0.25, -0.2) is 14.4 Å². The van der Waals surface area contributed by atoms with Gasteiger partial charge in [0.15, 0.2) is 0 Å². The molecule has 0 saturated heterocycles. The van der Waals surface area contributed by atoms with Crippen LogP contribution in [0.3, 0.4) is 0 Å². The standard InChI is InChI=1S/C20H23NO7/c1-5-10-21-15(18(22)23)11-14(12-6-8-13(26-2)9-7-12)16(19(24)27-3)17(21)20(25)28-4/h6-9,11,14H,5,10H2,1-4H3,(H,22,23). The Morgan fingerprint density at radius 1 is 1.04 bits per heavy atom. The van der Waals surface area contributed by atoms with Crippen LogP contribution in [-0.4, -0.2) is 55.8 Å². The zero-order chi connectivity index (χ0) is 20.8. The molecule has 0 aliphatic carbocycles. The molecular formula is C20H23NO7. The summed E-state index contributed by atoms with van der Waals surface area (Å²) in [7, 11) is 3.90. The first-order valence-electron chi connectivity index (χ1n) is 8.66. The summed E-state index contributed by atoms with van der Waals surface area (Å²) in [6.07, 6.45) is 1.99. The molecule has 0 amide bonds. The highest BCUT2D eigenvalue weighted by Crippen LogP contribution is 2.38. The van der Waals surface area contributed by atoms with Gasteiger partial charge >= 0.3 is 17.9 Å². The van der Waals surface area contributed by atoms with Gasteiger partial charge in [0.1, 0.15) is 17.1 Å². The average Bonchev–Trinajstić information content (AvgIpc) is 2.72. The molecule has 0 radical (unpaired) electrons. The fourth-order valence-electron chi connectivity index (χ4n) is 3.11. The molecule has 0 aromatic heterocycles. The minimum Gasteiger partial charge on any atom is -0.497 e. The second kappa shape index (κ2) is 9.07. The van der Waals surface area contributed by atoms with Crippen molar-refractivity contribution in [3.05, 3.63) is 52.9 Å². The maximum atomic E-state index is 12.6. The van der Waals surface area contributed by atoms with Crippen LogP contribution in [0.4, 0.5) is 0 Å². The van der Waals surface area contributed by atoms with Crippen LogP contribution < -0.4 is 4.74 Å². The molecule has 1 aromatic carbocycles. The summed E-state index contributed by atoms with van der Waals surface area (Å²) in [6, 6.07) is 6.78. The van der Waals surface area contributed by atoms with Gasteiger partial charge in [-0.05, 0) is 30.2 Å². The number of methoxy groups -OCH3 is 3. The number of benzene rings is 1. The van der Waals surface area contributed by atoms with Crippen LogP contribution in [0.2, 0.25) is 0 Å². The molecule has 0 spiro atoms. The maximum Gasteiger partial charge on any atom is 0.355 e. The van der Waals surface area contributed by atoms with Crippen molar-refractivity contribution < 1.29 is 33.7 Å². The molecule has 1 aliphatic rings. The number of carboxylic acid groups (broad SMARTS) is 1. The smallest absolute Gasteiger partial charge is 0.355 e. The van der Waals surface area contributed by atoms with Crippen molar-refractivity contribution in [3.63, 3.8) is 0 Å². The summed E-state index contributed by atoms with van der Waals surface area (Å²) in [6.45, 7) is 2.06. The zero-order valence-corrected chi connectivity index (χ0v) is 16.2. The molecule has 8 nitrogen and oxygen atoms in total. The maximum absolute atomic E-state index is 12.6. The van der Waals surface area contributed by atoms with Crippen molar-refractivity contribution in [2.75, 3.05) is 27.9 Å². The van der Waals surface area contributed by atoms with E-state index >= 15 is 0 Å². The number of ether oxygens (including phenoxy) is 3. The lowest BCUT2D eigenvalue weighted by Gasteiger charge is -2.34. The Bertz CT molecular complexity index is 823. The van der Waals surface area contributed by atoms with E-state index in [1.807, 2.05) is 6.92 Å². The van der Waals surface area contributed by atoms with Crippen molar-refractivity contribution in [1.82, 2.24) is 4.90 Å². The van der Waals surface area contributed by atoms with Crippen molar-refractivity contribution in [3.8, 4) is 5.75 Å². The number of nitrogens with zero attached hydrogens (tertiary/aromatic N) is 1. The molecule has 1 atom stereocenters. The summed E-state index contributed by atoms with van der Waals surface area (Å²) >= 11 is 0. The first-order valence-corrected chi connectivity index (χ1v) is 8.66. The van der Waals surface area contributed by atoms with Gasteiger partial charge in [0.25, 0.3) is 0 Å². The van der Waals surface area contributed by atoms with E-state index in [9.17, 15) is 19.5 Å². The van der Waals surface area contributed by atoms with Crippen LogP contribution in [0, 0.1) is 0 Å². The van der Waals surface area contributed by atoms with E-state index in [0.29, 0.717) is 17.7 Å². The fraction of sp³-hybridized carbons (Fsp3) is 0.350. The van der Waals surface area contributed by atoms with E-state index < -0.39 is 23.8 Å².